The van der Waals surface area contributed by atoms with E-state index in [1.54, 1.807) is 0 Å². The first-order valence-electron chi connectivity index (χ1n) is 6.52. The van der Waals surface area contributed by atoms with Gasteiger partial charge in [-0.1, -0.05) is 0 Å². The average molecular weight is 283 g/mol. The summed E-state index contributed by atoms with van der Waals surface area (Å²) in [6.07, 6.45) is 1.15. The van der Waals surface area contributed by atoms with Crippen LogP contribution in [0.3, 0.4) is 0 Å². The van der Waals surface area contributed by atoms with Gasteiger partial charge < -0.3 is 19.9 Å². The number of hydrogen-bond acceptors (Lipinski definition) is 4. The molecule has 20 heavy (non-hydrogen) atoms. The summed E-state index contributed by atoms with van der Waals surface area (Å²) in [5.74, 6) is -0.250. The smallest absolute Gasteiger partial charge is 0.258 e. The molecule has 1 aromatic carbocycles. The highest BCUT2D eigenvalue weighted by atomic mass is 19.1. The van der Waals surface area contributed by atoms with Crippen LogP contribution in [0.1, 0.15) is 12.8 Å². The number of carbonyl (C=O) groups excluding carboxylic acids is 1. The highest BCUT2D eigenvalue weighted by molar-refractivity contribution is 5.78. The summed E-state index contributed by atoms with van der Waals surface area (Å²) < 4.78 is 23.2. The third kappa shape index (κ3) is 3.91. The van der Waals surface area contributed by atoms with E-state index in [1.807, 2.05) is 0 Å². The van der Waals surface area contributed by atoms with Gasteiger partial charge in [-0.05, 0) is 37.1 Å². The monoisotopic (exact) mass is 283 g/mol. The molecule has 0 aromatic heterocycles. The molecule has 1 aliphatic rings. The zero-order valence-corrected chi connectivity index (χ0v) is 11.1. The summed E-state index contributed by atoms with van der Waals surface area (Å²) in [7, 11) is 0. The zero-order valence-electron chi connectivity index (χ0n) is 11.1. The van der Waals surface area contributed by atoms with E-state index in [2.05, 4.69) is 5.32 Å². The Hall–Kier alpha value is -1.66. The van der Waals surface area contributed by atoms with Gasteiger partial charge in [0.05, 0.1) is 12.1 Å². The van der Waals surface area contributed by atoms with E-state index in [0.29, 0.717) is 31.8 Å². The van der Waals surface area contributed by atoms with E-state index in [4.69, 9.17) is 9.47 Å². The Morgan fingerprint density at radius 3 is 2.60 bits per heavy atom. The van der Waals surface area contributed by atoms with Gasteiger partial charge in [-0.2, -0.15) is 0 Å². The van der Waals surface area contributed by atoms with Crippen LogP contribution in [-0.2, 0) is 9.53 Å². The molecule has 1 fully saturated rings. The highest BCUT2D eigenvalue weighted by Crippen LogP contribution is 2.20. The SMILES string of the molecule is O=C(COc1ccc(F)cc1)NC1(CO)CCOCC1. The second-order valence-electron chi connectivity index (χ2n) is 4.84. The minimum absolute atomic E-state index is 0.126. The Bertz CT molecular complexity index is 443. The van der Waals surface area contributed by atoms with Crippen molar-refractivity contribution >= 4 is 5.91 Å². The molecule has 0 aliphatic carbocycles. The predicted molar refractivity (Wildman–Crippen MR) is 69.9 cm³/mol. The van der Waals surface area contributed by atoms with Gasteiger partial charge in [-0.3, -0.25) is 4.79 Å². The van der Waals surface area contributed by atoms with Gasteiger partial charge in [0, 0.05) is 13.2 Å². The molecular formula is C14H18FNO4. The third-order valence-corrected chi connectivity index (χ3v) is 3.34. The summed E-state index contributed by atoms with van der Waals surface area (Å²) in [6.45, 7) is 0.728. The molecular weight excluding hydrogens is 265 g/mol. The Morgan fingerprint density at radius 2 is 2.00 bits per heavy atom. The Labute approximate surface area is 116 Å². The molecule has 2 rings (SSSR count). The third-order valence-electron chi connectivity index (χ3n) is 3.34. The maximum atomic E-state index is 12.7. The van der Waals surface area contributed by atoms with Crippen LogP contribution >= 0.6 is 0 Å². The van der Waals surface area contributed by atoms with Crippen LogP contribution in [-0.4, -0.2) is 43.0 Å². The number of aliphatic hydroxyl groups excluding tert-OH is 1. The van der Waals surface area contributed by atoms with Gasteiger partial charge in [0.1, 0.15) is 11.6 Å². The van der Waals surface area contributed by atoms with Crippen molar-refractivity contribution in [3.63, 3.8) is 0 Å². The first-order valence-corrected chi connectivity index (χ1v) is 6.52. The Morgan fingerprint density at radius 1 is 1.35 bits per heavy atom. The molecule has 110 valence electrons. The largest absolute Gasteiger partial charge is 0.484 e. The van der Waals surface area contributed by atoms with Crippen molar-refractivity contribution in [3.05, 3.63) is 30.1 Å². The predicted octanol–water partition coefficient (Wildman–Crippen LogP) is 0.862. The second-order valence-corrected chi connectivity index (χ2v) is 4.84. The molecule has 5 nitrogen and oxygen atoms in total. The highest BCUT2D eigenvalue weighted by Gasteiger charge is 2.33. The summed E-state index contributed by atoms with van der Waals surface area (Å²) in [5.41, 5.74) is -0.624. The standard InChI is InChI=1S/C14H18FNO4/c15-11-1-3-12(4-2-11)20-9-13(18)16-14(10-17)5-7-19-8-6-14/h1-4,17H,5-10H2,(H,16,18). The van der Waals surface area contributed by atoms with Gasteiger partial charge in [0.2, 0.25) is 0 Å². The molecule has 0 radical (unpaired) electrons. The number of nitrogens with one attached hydrogen (secondary N) is 1. The quantitative estimate of drug-likeness (QED) is 0.841. The van der Waals surface area contributed by atoms with Crippen LogP contribution in [0.2, 0.25) is 0 Å². The molecule has 0 bridgehead atoms. The number of carbonyl (C=O) groups is 1. The topological polar surface area (TPSA) is 67.8 Å². The number of halogens is 1. The molecule has 2 N–H and O–H groups in total. The number of benzene rings is 1. The van der Waals surface area contributed by atoms with Crippen molar-refractivity contribution in [2.75, 3.05) is 26.4 Å². The minimum atomic E-state index is -0.624. The van der Waals surface area contributed by atoms with Crippen molar-refractivity contribution in [2.45, 2.75) is 18.4 Å². The molecule has 0 spiro atoms. The van der Waals surface area contributed by atoms with Gasteiger partial charge in [0.15, 0.2) is 6.61 Å². The second kappa shape index (κ2) is 6.67. The van der Waals surface area contributed by atoms with E-state index < -0.39 is 5.54 Å². The fourth-order valence-corrected chi connectivity index (χ4v) is 2.10. The maximum Gasteiger partial charge on any atom is 0.258 e. The summed E-state index contributed by atoms with van der Waals surface area (Å²) in [5, 5.41) is 12.2. The van der Waals surface area contributed by atoms with Gasteiger partial charge in [0.25, 0.3) is 5.91 Å². The van der Waals surface area contributed by atoms with Gasteiger partial charge >= 0.3 is 0 Å². The van der Waals surface area contributed by atoms with Gasteiger partial charge in [-0.25, -0.2) is 4.39 Å². The average Bonchev–Trinajstić information content (AvgIpc) is 2.47. The minimum Gasteiger partial charge on any atom is -0.484 e. The van der Waals surface area contributed by atoms with E-state index in [-0.39, 0.29) is 24.9 Å². The molecule has 6 heteroatoms. The lowest BCUT2D eigenvalue weighted by atomic mass is 9.91. The van der Waals surface area contributed by atoms with E-state index in [9.17, 15) is 14.3 Å². The first-order chi connectivity index (χ1) is 9.63. The van der Waals surface area contributed by atoms with Crippen molar-refractivity contribution in [3.8, 4) is 5.75 Å². The lowest BCUT2D eigenvalue weighted by Gasteiger charge is -2.36. The van der Waals surface area contributed by atoms with Crippen LogP contribution < -0.4 is 10.1 Å². The summed E-state index contributed by atoms with van der Waals surface area (Å²) in [6, 6.07) is 5.44. The van der Waals surface area contributed by atoms with Crippen LogP contribution in [0.15, 0.2) is 24.3 Å². The van der Waals surface area contributed by atoms with Crippen LogP contribution in [0.5, 0.6) is 5.75 Å². The summed E-state index contributed by atoms with van der Waals surface area (Å²) >= 11 is 0. The molecule has 0 atom stereocenters. The number of hydrogen-bond donors (Lipinski definition) is 2. The van der Waals surface area contributed by atoms with Crippen LogP contribution in [0, 0.1) is 5.82 Å². The molecule has 1 heterocycles. The van der Waals surface area contributed by atoms with E-state index >= 15 is 0 Å². The lowest BCUT2D eigenvalue weighted by Crippen LogP contribution is -2.55. The van der Waals surface area contributed by atoms with Crippen LogP contribution in [0.25, 0.3) is 0 Å². The van der Waals surface area contributed by atoms with Crippen molar-refractivity contribution in [2.24, 2.45) is 0 Å². The number of ether oxygens (including phenoxy) is 2. The van der Waals surface area contributed by atoms with Crippen molar-refractivity contribution < 1.29 is 23.8 Å². The molecule has 0 unspecified atom stereocenters. The van der Waals surface area contributed by atoms with E-state index in [1.165, 1.54) is 24.3 Å². The molecule has 1 amide bonds. The van der Waals surface area contributed by atoms with E-state index in [0.717, 1.165) is 0 Å². The lowest BCUT2D eigenvalue weighted by molar-refractivity contribution is -0.127. The molecule has 1 saturated heterocycles. The zero-order chi connectivity index (χ0) is 14.4. The van der Waals surface area contributed by atoms with Crippen molar-refractivity contribution in [1.82, 2.24) is 5.32 Å². The fourth-order valence-electron chi connectivity index (χ4n) is 2.10. The normalized spacial score (nSPS) is 17.5. The Kier molecular flexibility index (Phi) is 4.92. The van der Waals surface area contributed by atoms with Gasteiger partial charge in [-0.15, -0.1) is 0 Å². The summed E-state index contributed by atoms with van der Waals surface area (Å²) in [4.78, 5) is 11.9. The fraction of sp³-hybridized carbons (Fsp3) is 0.500. The number of rotatable bonds is 5. The molecule has 1 aromatic rings. The molecule has 1 aliphatic heterocycles. The molecule has 0 saturated carbocycles. The number of aliphatic hydroxyl groups is 1. The van der Waals surface area contributed by atoms with Crippen LogP contribution in [0.4, 0.5) is 4.39 Å². The number of amides is 1. The Balaban J connectivity index is 1.83. The van der Waals surface area contributed by atoms with Crippen molar-refractivity contribution in [1.29, 1.82) is 0 Å². The maximum absolute atomic E-state index is 12.7. The first kappa shape index (κ1) is 14.7.